The zero-order valence-electron chi connectivity index (χ0n) is 31.6. The number of ether oxygens (including phenoxy) is 1. The lowest BCUT2D eigenvalue weighted by molar-refractivity contribution is -0.129. The summed E-state index contributed by atoms with van der Waals surface area (Å²) in [4.78, 5) is 55.6. The van der Waals surface area contributed by atoms with Crippen LogP contribution in [0.3, 0.4) is 0 Å². The number of urea groups is 1. The number of hydrogen-bond acceptors (Lipinski definition) is 9. The molecule has 0 saturated heterocycles. The van der Waals surface area contributed by atoms with E-state index in [2.05, 4.69) is 18.6 Å². The summed E-state index contributed by atoms with van der Waals surface area (Å²) in [5, 5.41) is 3.83. The Morgan fingerprint density at radius 1 is 1.09 bits per heavy atom. The van der Waals surface area contributed by atoms with Gasteiger partial charge in [-0.15, -0.1) is 11.3 Å². The first kappa shape index (κ1) is 37.2. The number of sulfonamides is 1. The Hall–Kier alpha value is -4.10. The van der Waals surface area contributed by atoms with Crippen molar-refractivity contribution in [3.8, 4) is 17.1 Å². The van der Waals surface area contributed by atoms with Crippen LogP contribution in [0.25, 0.3) is 22.3 Å². The molecule has 0 spiro atoms. The van der Waals surface area contributed by atoms with Gasteiger partial charge in [0.1, 0.15) is 11.9 Å². The van der Waals surface area contributed by atoms with E-state index in [1.54, 1.807) is 37.1 Å². The second kappa shape index (κ2) is 13.6. The maximum Gasteiger partial charge on any atom is 0.324 e. The second-order valence-electron chi connectivity index (χ2n) is 16.0. The van der Waals surface area contributed by atoms with Gasteiger partial charge in [0.25, 0.3) is 0 Å². The monoisotopic (exact) mass is 759 g/mol. The third-order valence-corrected chi connectivity index (χ3v) is 15.0. The molecule has 3 aromatic rings. The molecule has 2 fully saturated rings. The van der Waals surface area contributed by atoms with Gasteiger partial charge >= 0.3 is 6.03 Å². The number of nitrogens with one attached hydrogen (secondary N) is 1. The number of allylic oxidation sites excluding steroid dienone is 3. The van der Waals surface area contributed by atoms with Gasteiger partial charge in [-0.25, -0.2) is 23.2 Å². The van der Waals surface area contributed by atoms with E-state index in [1.165, 1.54) is 4.90 Å². The summed E-state index contributed by atoms with van der Waals surface area (Å²) >= 11 is 1.59. The van der Waals surface area contributed by atoms with Crippen molar-refractivity contribution >= 4 is 50.0 Å². The number of amides is 3. The van der Waals surface area contributed by atoms with Crippen LogP contribution in [0.15, 0.2) is 47.0 Å². The smallest absolute Gasteiger partial charge is 0.324 e. The van der Waals surface area contributed by atoms with Gasteiger partial charge in [0, 0.05) is 42.8 Å². The number of benzene rings is 1. The van der Waals surface area contributed by atoms with E-state index in [-0.39, 0.29) is 42.3 Å². The minimum absolute atomic E-state index is 0.101. The molecule has 0 radical (unpaired) electrons. The van der Waals surface area contributed by atoms with Crippen LogP contribution < -0.4 is 9.46 Å². The van der Waals surface area contributed by atoms with E-state index in [0.717, 1.165) is 52.0 Å². The van der Waals surface area contributed by atoms with E-state index >= 15 is 0 Å². The molecular formula is C40H49N5O6S2. The maximum atomic E-state index is 14.5. The number of carbonyl (C=O) groups excluding carboxylic acids is 3. The first-order chi connectivity index (χ1) is 25.0. The van der Waals surface area contributed by atoms with Crippen LogP contribution in [0.1, 0.15) is 94.7 Å². The normalized spacial score (nSPS) is 25.3. The summed E-state index contributed by atoms with van der Waals surface area (Å²) in [6, 6.07) is 5.58. The van der Waals surface area contributed by atoms with Crippen molar-refractivity contribution in [3.63, 3.8) is 0 Å². The number of aryl methyl sites for hydroxylation is 2. The zero-order chi connectivity index (χ0) is 38.0. The van der Waals surface area contributed by atoms with Gasteiger partial charge < -0.3 is 9.64 Å². The van der Waals surface area contributed by atoms with Crippen LogP contribution in [0.5, 0.6) is 5.75 Å². The number of thiazole rings is 1. The first-order valence-electron chi connectivity index (χ1n) is 18.6. The molecule has 2 aromatic heterocycles. The SMILES string of the molecule is CC1=C2C(=O)C[C@]3(C(=O)NS(=O)(=O)C4(C)CC4)C[C@H]3/C=C\CCCCN(C)C(=O)N2C[C@@H]1Oc1cc(-c2csc(C(C)C)n2)nc2c(C)c(C)ccc12. The Labute approximate surface area is 315 Å². The predicted octanol–water partition coefficient (Wildman–Crippen LogP) is 7.19. The lowest BCUT2D eigenvalue weighted by Gasteiger charge is -2.28. The highest BCUT2D eigenvalue weighted by Crippen LogP contribution is 2.58. The molecule has 3 atom stereocenters. The lowest BCUT2D eigenvalue weighted by atomic mass is 9.92. The molecule has 3 amide bonds. The molecule has 4 aliphatic rings. The predicted molar refractivity (Wildman–Crippen MR) is 206 cm³/mol. The van der Waals surface area contributed by atoms with E-state index in [1.807, 2.05) is 49.6 Å². The minimum atomic E-state index is -3.91. The van der Waals surface area contributed by atoms with Crippen LogP contribution in [0.2, 0.25) is 0 Å². The largest absolute Gasteiger partial charge is 0.483 e. The van der Waals surface area contributed by atoms with Crippen LogP contribution in [0, 0.1) is 25.2 Å². The van der Waals surface area contributed by atoms with Crippen molar-refractivity contribution in [3.05, 3.63) is 63.1 Å². The highest BCUT2D eigenvalue weighted by molar-refractivity contribution is 7.91. The third kappa shape index (κ3) is 6.79. The van der Waals surface area contributed by atoms with Gasteiger partial charge in [-0.3, -0.25) is 19.2 Å². The first-order valence-corrected chi connectivity index (χ1v) is 20.9. The van der Waals surface area contributed by atoms with E-state index in [9.17, 15) is 22.8 Å². The van der Waals surface area contributed by atoms with Crippen molar-refractivity contribution in [2.75, 3.05) is 20.1 Å². The van der Waals surface area contributed by atoms with Crippen LogP contribution >= 0.6 is 11.3 Å². The minimum Gasteiger partial charge on any atom is -0.483 e. The molecule has 1 N–H and O–H groups in total. The second-order valence-corrected chi connectivity index (χ2v) is 19.0. The molecular weight excluding hydrogens is 711 g/mol. The van der Waals surface area contributed by atoms with E-state index < -0.39 is 32.2 Å². The molecule has 2 saturated carbocycles. The van der Waals surface area contributed by atoms with Crippen molar-refractivity contribution in [2.45, 2.75) is 103 Å². The quantitative estimate of drug-likeness (QED) is 0.250. The zero-order valence-corrected chi connectivity index (χ0v) is 33.2. The summed E-state index contributed by atoms with van der Waals surface area (Å²) in [6.45, 7) is 12.3. The molecule has 1 aromatic carbocycles. The Morgan fingerprint density at radius 2 is 1.85 bits per heavy atom. The Morgan fingerprint density at radius 3 is 2.55 bits per heavy atom. The number of nitrogens with zero attached hydrogens (tertiary/aromatic N) is 4. The van der Waals surface area contributed by atoms with Crippen LogP contribution in [-0.4, -0.2) is 76.9 Å². The number of pyridine rings is 1. The average Bonchev–Trinajstić information content (AvgIpc) is 3.91. The molecule has 2 aliphatic heterocycles. The number of fused-ring (bicyclic) bond motifs is 3. The fourth-order valence-electron chi connectivity index (χ4n) is 7.45. The number of aromatic nitrogens is 2. The summed E-state index contributed by atoms with van der Waals surface area (Å²) < 4.78 is 34.5. The van der Waals surface area contributed by atoms with E-state index in [4.69, 9.17) is 14.7 Å². The molecule has 53 heavy (non-hydrogen) atoms. The molecule has 2 aliphatic carbocycles. The molecule has 282 valence electrons. The molecule has 13 heteroatoms. The van der Waals surface area contributed by atoms with Crippen molar-refractivity contribution in [1.82, 2.24) is 24.5 Å². The van der Waals surface area contributed by atoms with Gasteiger partial charge in [-0.05, 0) is 94.9 Å². The number of ketones is 1. The van der Waals surface area contributed by atoms with Gasteiger partial charge in [-0.1, -0.05) is 32.1 Å². The molecule has 7 rings (SSSR count). The van der Waals surface area contributed by atoms with E-state index in [0.29, 0.717) is 42.8 Å². The van der Waals surface area contributed by atoms with Gasteiger partial charge in [0.2, 0.25) is 15.9 Å². The Kier molecular flexibility index (Phi) is 9.58. The number of carbonyl (C=O) groups is 3. The summed E-state index contributed by atoms with van der Waals surface area (Å²) in [5.74, 6) is -0.478. The van der Waals surface area contributed by atoms with Gasteiger partial charge in [0.05, 0.1) is 44.3 Å². The topological polar surface area (TPSA) is 139 Å². The highest BCUT2D eigenvalue weighted by atomic mass is 32.2. The fraction of sp³-hybridized carbons (Fsp3) is 0.525. The number of rotatable bonds is 7. The summed E-state index contributed by atoms with van der Waals surface area (Å²) in [6.07, 6.45) is 6.76. The molecule has 4 heterocycles. The van der Waals surface area contributed by atoms with Gasteiger partial charge in [0.15, 0.2) is 5.78 Å². The van der Waals surface area contributed by atoms with Crippen molar-refractivity contribution in [2.24, 2.45) is 11.3 Å². The standard InChI is InChI=1S/C40H49N5O6S2/c1-23(2)36-42-30(22-52-36)29-18-32(28-14-13-24(3)25(4)34(28)41-29)51-33-21-45-35(26(33)5)31(46)20-40(37(47)43-53(49,50)39(6)15-16-39)19-27(40)12-10-8-9-11-17-44(7)38(45)48/h10,12-14,18,22-23,27,33H,8-9,11,15-17,19-21H2,1-7H3,(H,43,47)/b12-10-/t27-,33+,40-/m1/s1. The molecule has 0 unspecified atom stereocenters. The average molecular weight is 760 g/mol. The van der Waals surface area contributed by atoms with Crippen LogP contribution in [-0.2, 0) is 19.6 Å². The Bertz CT molecular complexity index is 2190. The van der Waals surface area contributed by atoms with Crippen LogP contribution in [0.4, 0.5) is 4.79 Å². The lowest BCUT2D eigenvalue weighted by Crippen LogP contribution is -2.45. The molecule has 11 nitrogen and oxygen atoms in total. The summed E-state index contributed by atoms with van der Waals surface area (Å²) in [7, 11) is -2.18. The number of Topliss-reactive ketones (excluding diaryl/α,β-unsaturated/α-hetero) is 1. The fourth-order valence-corrected chi connectivity index (χ4v) is 9.61. The maximum absolute atomic E-state index is 14.5. The summed E-state index contributed by atoms with van der Waals surface area (Å²) in [5.41, 5.74) is 3.89. The van der Waals surface area contributed by atoms with Crippen molar-refractivity contribution < 1.29 is 27.5 Å². The Balaban J connectivity index is 1.26. The number of hydrogen-bond donors (Lipinski definition) is 1. The van der Waals surface area contributed by atoms with Crippen molar-refractivity contribution in [1.29, 1.82) is 0 Å². The highest BCUT2D eigenvalue weighted by Gasteiger charge is 2.62. The molecule has 0 bridgehead atoms. The van der Waals surface area contributed by atoms with Gasteiger partial charge in [-0.2, -0.15) is 0 Å². The third-order valence-electron chi connectivity index (χ3n) is 11.7.